The van der Waals surface area contributed by atoms with E-state index in [4.69, 9.17) is 14.2 Å². The Hall–Kier alpha value is -0.990. The van der Waals surface area contributed by atoms with Crippen molar-refractivity contribution in [1.82, 2.24) is 4.98 Å². The Balaban J connectivity index is 2.10. The minimum absolute atomic E-state index is 0.0706. The van der Waals surface area contributed by atoms with Crippen molar-refractivity contribution in [2.45, 2.75) is 19.1 Å². The third-order valence-corrected chi connectivity index (χ3v) is 5.32. The Morgan fingerprint density at radius 1 is 1.52 bits per heavy atom. The van der Waals surface area contributed by atoms with Crippen LogP contribution in [0.5, 0.6) is 5.75 Å². The van der Waals surface area contributed by atoms with Crippen molar-refractivity contribution >= 4 is 27.3 Å². The van der Waals surface area contributed by atoms with Crippen LogP contribution in [0.1, 0.15) is 29.0 Å². The molecular weight excluding hydrogens is 382 g/mol. The van der Waals surface area contributed by atoms with Gasteiger partial charge in [0.25, 0.3) is 0 Å². The second-order valence-corrected chi connectivity index (χ2v) is 7.15. The number of hydrogen-bond acceptors (Lipinski definition) is 6. The van der Waals surface area contributed by atoms with Crippen molar-refractivity contribution in [3.05, 3.63) is 32.6 Å². The van der Waals surface area contributed by atoms with E-state index in [1.165, 1.54) is 11.3 Å². The maximum Gasteiger partial charge on any atom is 0.208 e. The van der Waals surface area contributed by atoms with Gasteiger partial charge in [-0.2, -0.15) is 0 Å². The first-order valence-electron chi connectivity index (χ1n) is 7.36. The summed E-state index contributed by atoms with van der Waals surface area (Å²) in [6.45, 7) is 3.32. The van der Waals surface area contributed by atoms with Crippen LogP contribution in [0.25, 0.3) is 11.3 Å². The van der Waals surface area contributed by atoms with E-state index >= 15 is 0 Å². The zero-order chi connectivity index (χ0) is 16.4. The molecule has 23 heavy (non-hydrogen) atoms. The molecule has 2 unspecified atom stereocenters. The summed E-state index contributed by atoms with van der Waals surface area (Å²) in [5.74, 6) is 0.858. The lowest BCUT2D eigenvalue weighted by Gasteiger charge is -2.13. The largest absolute Gasteiger partial charge is 0.492 e. The molecule has 124 valence electrons. The predicted molar refractivity (Wildman–Crippen MR) is 91.9 cm³/mol. The van der Waals surface area contributed by atoms with Crippen molar-refractivity contribution in [2.24, 2.45) is 0 Å². The van der Waals surface area contributed by atoms with Gasteiger partial charge >= 0.3 is 0 Å². The van der Waals surface area contributed by atoms with Gasteiger partial charge in [-0.05, 0) is 25.1 Å². The lowest BCUT2D eigenvalue weighted by molar-refractivity contribution is -0.0979. The first kappa shape index (κ1) is 16.9. The molecule has 1 aromatic carbocycles. The monoisotopic (exact) mass is 399 g/mol. The minimum Gasteiger partial charge on any atom is -0.492 e. The van der Waals surface area contributed by atoms with Gasteiger partial charge in [0.05, 0.1) is 24.8 Å². The first-order valence-corrected chi connectivity index (χ1v) is 8.97. The van der Waals surface area contributed by atoms with Gasteiger partial charge in [-0.1, -0.05) is 15.9 Å². The average Bonchev–Trinajstić information content (AvgIpc) is 2.92. The summed E-state index contributed by atoms with van der Waals surface area (Å²) in [6, 6.07) is 5.85. The number of methoxy groups -OCH3 is 1. The Kier molecular flexibility index (Phi) is 5.33. The van der Waals surface area contributed by atoms with Crippen LogP contribution in [0.3, 0.4) is 0 Å². The number of thiazole rings is 1. The fourth-order valence-electron chi connectivity index (χ4n) is 2.56. The molecule has 0 saturated heterocycles. The number of nitrogens with zero attached hydrogens (tertiary/aromatic N) is 1. The molecule has 2 aromatic rings. The summed E-state index contributed by atoms with van der Waals surface area (Å²) in [6.07, 6.45) is -1.00. The van der Waals surface area contributed by atoms with Crippen LogP contribution >= 0.6 is 27.3 Å². The highest BCUT2D eigenvalue weighted by molar-refractivity contribution is 9.10. The highest BCUT2D eigenvalue weighted by atomic mass is 79.9. The molecule has 0 aliphatic carbocycles. The molecule has 3 rings (SSSR count). The third kappa shape index (κ3) is 3.44. The molecule has 1 aliphatic rings. The van der Waals surface area contributed by atoms with E-state index in [1.54, 1.807) is 7.11 Å². The number of halogens is 1. The summed E-state index contributed by atoms with van der Waals surface area (Å²) in [7, 11) is 1.67. The molecule has 0 radical (unpaired) electrons. The highest BCUT2D eigenvalue weighted by Gasteiger charge is 2.29. The zero-order valence-corrected chi connectivity index (χ0v) is 15.3. The molecule has 1 aliphatic heterocycles. The van der Waals surface area contributed by atoms with E-state index in [2.05, 4.69) is 20.9 Å². The van der Waals surface area contributed by atoms with E-state index in [-0.39, 0.29) is 5.92 Å². The van der Waals surface area contributed by atoms with Crippen LogP contribution in [-0.2, 0) is 9.47 Å². The maximum absolute atomic E-state index is 10.1. The number of fused-ring (bicyclic) bond motifs is 3. The van der Waals surface area contributed by atoms with Crippen molar-refractivity contribution in [3.8, 4) is 17.0 Å². The Morgan fingerprint density at radius 2 is 2.35 bits per heavy atom. The molecule has 0 bridgehead atoms. The van der Waals surface area contributed by atoms with Gasteiger partial charge in [-0.25, -0.2) is 4.98 Å². The first-order chi connectivity index (χ1) is 11.1. The summed E-state index contributed by atoms with van der Waals surface area (Å²) >= 11 is 4.95. The molecular formula is C16H18BrNO4S. The second-order valence-electron chi connectivity index (χ2n) is 5.18. The van der Waals surface area contributed by atoms with Crippen LogP contribution < -0.4 is 4.74 Å². The molecule has 0 spiro atoms. The Bertz CT molecular complexity index is 691. The van der Waals surface area contributed by atoms with Crippen LogP contribution in [0.4, 0.5) is 0 Å². The fraction of sp³-hybridized carbons (Fsp3) is 0.438. The minimum atomic E-state index is -1.00. The molecule has 2 atom stereocenters. The fourth-order valence-corrected chi connectivity index (χ4v) is 4.00. The molecule has 1 aromatic heterocycles. The van der Waals surface area contributed by atoms with Crippen LogP contribution in [-0.4, -0.2) is 37.0 Å². The number of rotatable bonds is 5. The Morgan fingerprint density at radius 3 is 3.09 bits per heavy atom. The summed E-state index contributed by atoms with van der Waals surface area (Å²) in [5, 5.41) is 10.7. The standard InChI is InChI=1S/C16H18BrNO4S/c1-3-21-16(19)15-18-13-11-6-10(17)4-5-12(11)22-8-9(7-20-2)14(13)23-15/h4-6,9,16,19H,3,7-8H2,1-2H3. The summed E-state index contributed by atoms with van der Waals surface area (Å²) in [5.41, 5.74) is 1.75. The van der Waals surface area contributed by atoms with Gasteiger partial charge in [0.15, 0.2) is 0 Å². The van der Waals surface area contributed by atoms with Crippen LogP contribution in [0.2, 0.25) is 0 Å². The van der Waals surface area contributed by atoms with Gasteiger partial charge in [0.1, 0.15) is 10.8 Å². The number of aromatic nitrogens is 1. The van der Waals surface area contributed by atoms with Crippen molar-refractivity contribution < 1.29 is 19.3 Å². The number of ether oxygens (including phenoxy) is 3. The van der Waals surface area contributed by atoms with Crippen molar-refractivity contribution in [3.63, 3.8) is 0 Å². The molecule has 0 amide bonds. The number of hydrogen-bond donors (Lipinski definition) is 1. The zero-order valence-electron chi connectivity index (χ0n) is 12.9. The van der Waals surface area contributed by atoms with Crippen molar-refractivity contribution in [1.29, 1.82) is 0 Å². The van der Waals surface area contributed by atoms with E-state index < -0.39 is 6.29 Å². The molecule has 2 heterocycles. The second kappa shape index (κ2) is 7.27. The molecule has 7 heteroatoms. The average molecular weight is 400 g/mol. The van der Waals surface area contributed by atoms with Gasteiger partial charge in [-0.3, -0.25) is 0 Å². The van der Waals surface area contributed by atoms with Gasteiger partial charge in [0.2, 0.25) is 6.29 Å². The van der Waals surface area contributed by atoms with Crippen LogP contribution in [0.15, 0.2) is 22.7 Å². The number of aliphatic hydroxyl groups excluding tert-OH is 1. The third-order valence-electron chi connectivity index (χ3n) is 3.58. The van der Waals surface area contributed by atoms with Crippen molar-refractivity contribution in [2.75, 3.05) is 26.9 Å². The van der Waals surface area contributed by atoms with Crippen LogP contribution in [0, 0.1) is 0 Å². The molecule has 5 nitrogen and oxygen atoms in total. The Labute approximate surface area is 147 Å². The predicted octanol–water partition coefficient (Wildman–Crippen LogP) is 3.72. The maximum atomic E-state index is 10.1. The molecule has 0 fully saturated rings. The van der Waals surface area contributed by atoms with E-state index in [0.29, 0.717) is 24.8 Å². The van der Waals surface area contributed by atoms with Gasteiger partial charge < -0.3 is 19.3 Å². The number of aliphatic hydroxyl groups is 1. The van der Waals surface area contributed by atoms with E-state index in [0.717, 1.165) is 26.4 Å². The molecule has 1 N–H and O–H groups in total. The van der Waals surface area contributed by atoms with E-state index in [1.807, 2.05) is 25.1 Å². The SMILES string of the molecule is CCOC(O)c1nc2c(s1)C(COC)COc1ccc(Br)cc1-2. The summed E-state index contributed by atoms with van der Waals surface area (Å²) in [4.78, 5) is 5.68. The quantitative estimate of drug-likeness (QED) is 0.776. The number of benzene rings is 1. The molecule has 0 saturated carbocycles. The van der Waals surface area contributed by atoms with E-state index in [9.17, 15) is 5.11 Å². The summed E-state index contributed by atoms with van der Waals surface area (Å²) < 4.78 is 17.5. The lowest BCUT2D eigenvalue weighted by atomic mass is 10.0. The smallest absolute Gasteiger partial charge is 0.208 e. The normalized spacial score (nSPS) is 17.8. The lowest BCUT2D eigenvalue weighted by Crippen LogP contribution is -2.13. The highest BCUT2D eigenvalue weighted by Crippen LogP contribution is 2.43. The topological polar surface area (TPSA) is 60.8 Å². The van der Waals surface area contributed by atoms with Gasteiger partial charge in [0, 0.05) is 28.6 Å². The van der Waals surface area contributed by atoms with Gasteiger partial charge in [-0.15, -0.1) is 11.3 Å².